The number of rotatable bonds is 1. The normalized spacial score (nSPS) is 14.5. The maximum absolute atomic E-state index is 8.94. The number of hydrogen-bond donors (Lipinski definition) is 1. The third-order valence-electron chi connectivity index (χ3n) is 2.31. The molecule has 0 bridgehead atoms. The van der Waals surface area contributed by atoms with Crippen LogP contribution in [0.4, 0.5) is 0 Å². The maximum atomic E-state index is 8.94. The quantitative estimate of drug-likeness (QED) is 0.761. The van der Waals surface area contributed by atoms with Crippen molar-refractivity contribution in [3.63, 3.8) is 0 Å². The summed E-state index contributed by atoms with van der Waals surface area (Å²) in [6.07, 6.45) is 1.93. The van der Waals surface area contributed by atoms with E-state index in [0.29, 0.717) is 11.4 Å². The molecule has 2 heterocycles. The third-order valence-corrected chi connectivity index (χ3v) is 3.13. The Balaban J connectivity index is 2.71. The number of nitrogens with one attached hydrogen (secondary N) is 1. The van der Waals surface area contributed by atoms with Crippen molar-refractivity contribution in [3.05, 3.63) is 29.1 Å². The zero-order chi connectivity index (χ0) is 10.3. The summed E-state index contributed by atoms with van der Waals surface area (Å²) in [7, 11) is 0. The summed E-state index contributed by atoms with van der Waals surface area (Å²) in [5, 5.41) is 16.8. The highest BCUT2D eigenvalue weighted by molar-refractivity contribution is 8.07. The monoisotopic (exact) mass is 203 g/mol. The Morgan fingerprint density at radius 3 is 2.79 bits per heavy atom. The topological polar surface area (TPSA) is 52.6 Å². The molecule has 14 heavy (non-hydrogen) atoms. The minimum atomic E-state index is 0.300. The molecule has 1 N–H and O–H groups in total. The molecule has 1 aliphatic heterocycles. The van der Waals surface area contributed by atoms with Gasteiger partial charge in [-0.2, -0.15) is 5.26 Å². The standard InChI is InChI=1S/C10H9N3S/c1-6-3-4-8-9(14-2)7(5-11)10(12)13(6)8/h3-4,12H,1-2H3. The summed E-state index contributed by atoms with van der Waals surface area (Å²) in [5.74, 6) is 0.300. The molecule has 0 aliphatic carbocycles. The summed E-state index contributed by atoms with van der Waals surface area (Å²) in [4.78, 5) is 0.908. The molecule has 0 radical (unpaired) electrons. The summed E-state index contributed by atoms with van der Waals surface area (Å²) in [6.45, 7) is 1.94. The molecule has 3 nitrogen and oxygen atoms in total. The summed E-state index contributed by atoms with van der Waals surface area (Å²) < 4.78 is 1.81. The lowest BCUT2D eigenvalue weighted by molar-refractivity contribution is 1.07. The zero-order valence-electron chi connectivity index (χ0n) is 7.96. The van der Waals surface area contributed by atoms with Gasteiger partial charge in [0.15, 0.2) is 0 Å². The Morgan fingerprint density at radius 2 is 2.21 bits per heavy atom. The average molecular weight is 203 g/mol. The molecular weight excluding hydrogens is 194 g/mol. The van der Waals surface area contributed by atoms with Crippen LogP contribution in [0.3, 0.4) is 0 Å². The molecule has 1 aromatic rings. The van der Waals surface area contributed by atoms with E-state index < -0.39 is 0 Å². The largest absolute Gasteiger partial charge is 0.297 e. The smallest absolute Gasteiger partial charge is 0.149 e. The van der Waals surface area contributed by atoms with Crippen molar-refractivity contribution >= 4 is 22.5 Å². The van der Waals surface area contributed by atoms with E-state index in [1.807, 2.05) is 29.9 Å². The van der Waals surface area contributed by atoms with Gasteiger partial charge in [-0.05, 0) is 25.3 Å². The van der Waals surface area contributed by atoms with E-state index in [1.165, 1.54) is 11.8 Å². The Bertz CT molecular complexity index is 488. The van der Waals surface area contributed by atoms with Crippen LogP contribution >= 0.6 is 11.8 Å². The van der Waals surface area contributed by atoms with Gasteiger partial charge in [-0.3, -0.25) is 9.98 Å². The molecule has 4 heteroatoms. The second-order valence-corrected chi connectivity index (χ2v) is 3.88. The van der Waals surface area contributed by atoms with Crippen LogP contribution in [0.1, 0.15) is 11.4 Å². The van der Waals surface area contributed by atoms with Crippen LogP contribution in [0.5, 0.6) is 0 Å². The maximum Gasteiger partial charge on any atom is 0.149 e. The van der Waals surface area contributed by atoms with Gasteiger partial charge in [-0.25, -0.2) is 0 Å². The minimum Gasteiger partial charge on any atom is -0.297 e. The van der Waals surface area contributed by atoms with Crippen molar-refractivity contribution in [2.24, 2.45) is 0 Å². The van der Waals surface area contributed by atoms with Crippen LogP contribution in [0.2, 0.25) is 0 Å². The van der Waals surface area contributed by atoms with Gasteiger partial charge in [0, 0.05) is 5.69 Å². The summed E-state index contributed by atoms with van der Waals surface area (Å²) in [6, 6.07) is 6.01. The van der Waals surface area contributed by atoms with E-state index in [9.17, 15) is 0 Å². The molecule has 0 fully saturated rings. The van der Waals surface area contributed by atoms with Gasteiger partial charge >= 0.3 is 0 Å². The molecular formula is C10H9N3S. The highest BCUT2D eigenvalue weighted by atomic mass is 32.2. The highest BCUT2D eigenvalue weighted by Gasteiger charge is 2.26. The van der Waals surface area contributed by atoms with Crippen LogP contribution in [0.25, 0.3) is 4.91 Å². The fourth-order valence-corrected chi connectivity index (χ4v) is 2.39. The first kappa shape index (κ1) is 9.10. The number of aromatic nitrogens is 1. The van der Waals surface area contributed by atoms with E-state index in [-0.39, 0.29) is 0 Å². The summed E-state index contributed by atoms with van der Waals surface area (Å²) in [5.41, 5.74) is 2.45. The van der Waals surface area contributed by atoms with Crippen LogP contribution in [0, 0.1) is 23.7 Å². The molecule has 0 saturated carbocycles. The van der Waals surface area contributed by atoms with Gasteiger partial charge in [0.2, 0.25) is 0 Å². The number of fused-ring (bicyclic) bond motifs is 1. The zero-order valence-corrected chi connectivity index (χ0v) is 8.77. The molecule has 0 spiro atoms. The first-order chi connectivity index (χ1) is 6.70. The van der Waals surface area contributed by atoms with Crippen LogP contribution < -0.4 is 0 Å². The predicted molar refractivity (Wildman–Crippen MR) is 58.3 cm³/mol. The van der Waals surface area contributed by atoms with Crippen molar-refractivity contribution in [2.45, 2.75) is 6.92 Å². The number of nitrogens with zero attached hydrogens (tertiary/aromatic N) is 2. The molecule has 0 atom stereocenters. The van der Waals surface area contributed by atoms with Crippen LogP contribution in [0.15, 0.2) is 17.7 Å². The molecule has 0 saturated heterocycles. The van der Waals surface area contributed by atoms with Crippen molar-refractivity contribution in [2.75, 3.05) is 6.26 Å². The predicted octanol–water partition coefficient (Wildman–Crippen LogP) is 2.23. The van der Waals surface area contributed by atoms with Crippen molar-refractivity contribution in [1.82, 2.24) is 4.57 Å². The average Bonchev–Trinajstić information content (AvgIpc) is 2.66. The molecule has 1 aliphatic rings. The minimum absolute atomic E-state index is 0.300. The van der Waals surface area contributed by atoms with Gasteiger partial charge in [0.05, 0.1) is 10.6 Å². The van der Waals surface area contributed by atoms with E-state index in [0.717, 1.165) is 16.3 Å². The van der Waals surface area contributed by atoms with Crippen molar-refractivity contribution in [3.8, 4) is 6.07 Å². The van der Waals surface area contributed by atoms with E-state index >= 15 is 0 Å². The number of aryl methyl sites for hydroxylation is 1. The molecule has 0 amide bonds. The SMILES string of the molecule is CSC1=C(C#N)C(=N)n2c(C)ccc21. The number of hydrogen-bond acceptors (Lipinski definition) is 3. The van der Waals surface area contributed by atoms with Gasteiger partial charge in [0.1, 0.15) is 17.5 Å². The number of thioether (sulfide) groups is 1. The third kappa shape index (κ3) is 0.962. The first-order valence-corrected chi connectivity index (χ1v) is 5.39. The van der Waals surface area contributed by atoms with Gasteiger partial charge in [-0.15, -0.1) is 11.8 Å². The highest BCUT2D eigenvalue weighted by Crippen LogP contribution is 2.36. The van der Waals surface area contributed by atoms with Crippen molar-refractivity contribution < 1.29 is 0 Å². The Hall–Kier alpha value is -1.47. The van der Waals surface area contributed by atoms with Gasteiger partial charge < -0.3 is 0 Å². The first-order valence-electron chi connectivity index (χ1n) is 4.17. The van der Waals surface area contributed by atoms with Gasteiger partial charge in [-0.1, -0.05) is 0 Å². The Labute approximate surface area is 86.5 Å². The van der Waals surface area contributed by atoms with Crippen molar-refractivity contribution in [1.29, 1.82) is 10.7 Å². The van der Waals surface area contributed by atoms with Crippen LogP contribution in [-0.4, -0.2) is 16.7 Å². The lowest BCUT2D eigenvalue weighted by atomic mass is 10.2. The number of allylic oxidation sites excluding steroid dienone is 1. The molecule has 1 aromatic heterocycles. The van der Waals surface area contributed by atoms with E-state index in [2.05, 4.69) is 6.07 Å². The second kappa shape index (κ2) is 3.03. The fraction of sp³-hybridized carbons (Fsp3) is 0.200. The molecule has 0 aromatic carbocycles. The lowest BCUT2D eigenvalue weighted by Crippen LogP contribution is -2.09. The summed E-state index contributed by atoms with van der Waals surface area (Å²) >= 11 is 1.52. The Morgan fingerprint density at radius 1 is 1.50 bits per heavy atom. The molecule has 70 valence electrons. The second-order valence-electron chi connectivity index (χ2n) is 3.06. The lowest BCUT2D eigenvalue weighted by Gasteiger charge is -2.01. The van der Waals surface area contributed by atoms with Crippen LogP contribution in [-0.2, 0) is 0 Å². The molecule has 0 unspecified atom stereocenters. The van der Waals surface area contributed by atoms with E-state index in [4.69, 9.17) is 10.7 Å². The van der Waals surface area contributed by atoms with Gasteiger partial charge in [0.25, 0.3) is 0 Å². The van der Waals surface area contributed by atoms with E-state index in [1.54, 1.807) is 0 Å². The number of nitriles is 1. The fourth-order valence-electron chi connectivity index (χ4n) is 1.67. The Kier molecular flexibility index (Phi) is 1.97. The molecule has 2 rings (SSSR count).